The zero-order chi connectivity index (χ0) is 24.5. The maximum atomic E-state index is 13.8. The number of hydrogen-bond acceptors (Lipinski definition) is 6. The molecule has 3 aromatic carbocycles. The Hall–Kier alpha value is -3.64. The van der Waals surface area contributed by atoms with Crippen LogP contribution >= 0.6 is 11.6 Å². The van der Waals surface area contributed by atoms with Crippen molar-refractivity contribution in [1.29, 1.82) is 0 Å². The molecule has 5 rings (SSSR count). The SMILES string of the molecule is COc1ccc([C@@H]2Nc3ccccc3NC3=C2C(=O)C[C@@H](c2ccc(Cl)cc2)C3)c(OC)c1OC. The van der Waals surface area contributed by atoms with Crippen molar-refractivity contribution in [3.63, 3.8) is 0 Å². The van der Waals surface area contributed by atoms with Crippen LogP contribution in [0.15, 0.2) is 71.9 Å². The second-order valence-electron chi connectivity index (χ2n) is 8.64. The quantitative estimate of drug-likeness (QED) is 0.434. The molecule has 2 N–H and O–H groups in total. The minimum atomic E-state index is -0.436. The van der Waals surface area contributed by atoms with Crippen LogP contribution in [-0.2, 0) is 4.79 Å². The number of allylic oxidation sites excluding steroid dienone is 1. The molecule has 7 heteroatoms. The lowest BCUT2D eigenvalue weighted by Gasteiger charge is -2.31. The van der Waals surface area contributed by atoms with Crippen molar-refractivity contribution < 1.29 is 19.0 Å². The molecule has 1 heterocycles. The molecule has 1 aliphatic carbocycles. The molecular weight excluding hydrogens is 464 g/mol. The highest BCUT2D eigenvalue weighted by molar-refractivity contribution is 6.30. The Bertz CT molecular complexity index is 1300. The third kappa shape index (κ3) is 4.19. The van der Waals surface area contributed by atoms with Gasteiger partial charge in [0.2, 0.25) is 5.75 Å². The lowest BCUT2D eigenvalue weighted by atomic mass is 9.78. The second kappa shape index (κ2) is 9.55. The molecular formula is C28H27ClN2O4. The van der Waals surface area contributed by atoms with Gasteiger partial charge >= 0.3 is 0 Å². The number of nitrogens with one attached hydrogen (secondary N) is 2. The molecule has 0 amide bonds. The molecule has 0 unspecified atom stereocenters. The third-order valence-corrected chi connectivity index (χ3v) is 6.95. The monoisotopic (exact) mass is 490 g/mol. The summed E-state index contributed by atoms with van der Waals surface area (Å²) in [7, 11) is 4.76. The Labute approximate surface area is 209 Å². The number of fused-ring (bicyclic) bond motifs is 1. The first-order valence-corrected chi connectivity index (χ1v) is 11.8. The number of anilines is 2. The van der Waals surface area contributed by atoms with Crippen LogP contribution < -0.4 is 24.8 Å². The van der Waals surface area contributed by atoms with Crippen molar-refractivity contribution in [2.75, 3.05) is 32.0 Å². The fourth-order valence-electron chi connectivity index (χ4n) is 5.05. The van der Waals surface area contributed by atoms with Crippen LogP contribution in [0.5, 0.6) is 17.2 Å². The van der Waals surface area contributed by atoms with E-state index in [2.05, 4.69) is 10.6 Å². The minimum Gasteiger partial charge on any atom is -0.493 e. The number of ketones is 1. The van der Waals surface area contributed by atoms with Gasteiger partial charge in [-0.05, 0) is 54.3 Å². The van der Waals surface area contributed by atoms with E-state index in [9.17, 15) is 4.79 Å². The number of halogens is 1. The molecule has 3 aromatic rings. The van der Waals surface area contributed by atoms with E-state index in [4.69, 9.17) is 25.8 Å². The summed E-state index contributed by atoms with van der Waals surface area (Å²) >= 11 is 6.10. The van der Waals surface area contributed by atoms with E-state index in [0.717, 1.165) is 28.2 Å². The first-order chi connectivity index (χ1) is 17.0. The molecule has 0 aromatic heterocycles. The topological polar surface area (TPSA) is 68.8 Å². The fraction of sp³-hybridized carbons (Fsp3) is 0.250. The second-order valence-corrected chi connectivity index (χ2v) is 9.08. The molecule has 1 aliphatic heterocycles. The van der Waals surface area contributed by atoms with Crippen LogP contribution in [-0.4, -0.2) is 27.1 Å². The summed E-state index contributed by atoms with van der Waals surface area (Å²) in [5.74, 6) is 1.73. The fourth-order valence-corrected chi connectivity index (χ4v) is 5.17. The lowest BCUT2D eigenvalue weighted by Crippen LogP contribution is -2.27. The smallest absolute Gasteiger partial charge is 0.203 e. The Balaban J connectivity index is 1.66. The summed E-state index contributed by atoms with van der Waals surface area (Å²) in [5, 5.41) is 7.84. The number of para-hydroxylation sites is 2. The highest BCUT2D eigenvalue weighted by atomic mass is 35.5. The van der Waals surface area contributed by atoms with Crippen LogP contribution in [0.25, 0.3) is 0 Å². The van der Waals surface area contributed by atoms with Crippen LogP contribution in [0, 0.1) is 0 Å². The van der Waals surface area contributed by atoms with Crippen molar-refractivity contribution in [3.05, 3.63) is 88.1 Å². The van der Waals surface area contributed by atoms with E-state index >= 15 is 0 Å². The molecule has 0 fully saturated rings. The van der Waals surface area contributed by atoms with E-state index < -0.39 is 6.04 Å². The zero-order valence-electron chi connectivity index (χ0n) is 19.9. The minimum absolute atomic E-state index is 0.0595. The van der Waals surface area contributed by atoms with Crippen molar-refractivity contribution in [2.45, 2.75) is 24.8 Å². The van der Waals surface area contributed by atoms with Crippen molar-refractivity contribution in [3.8, 4) is 17.2 Å². The van der Waals surface area contributed by atoms with Gasteiger partial charge in [0, 0.05) is 28.3 Å². The number of hydrogen-bond donors (Lipinski definition) is 2. The first kappa shape index (κ1) is 23.1. The molecule has 180 valence electrons. The van der Waals surface area contributed by atoms with Crippen molar-refractivity contribution in [2.24, 2.45) is 0 Å². The third-order valence-electron chi connectivity index (χ3n) is 6.70. The number of methoxy groups -OCH3 is 3. The zero-order valence-corrected chi connectivity index (χ0v) is 20.6. The highest BCUT2D eigenvalue weighted by Gasteiger charge is 2.38. The molecule has 2 aliphatic rings. The molecule has 35 heavy (non-hydrogen) atoms. The highest BCUT2D eigenvalue weighted by Crippen LogP contribution is 2.49. The van der Waals surface area contributed by atoms with Gasteiger partial charge in [0.25, 0.3) is 0 Å². The number of carbonyl (C=O) groups is 1. The van der Waals surface area contributed by atoms with Crippen molar-refractivity contribution >= 4 is 28.8 Å². The van der Waals surface area contributed by atoms with Crippen LogP contribution in [0.1, 0.15) is 35.9 Å². The van der Waals surface area contributed by atoms with E-state index in [1.54, 1.807) is 21.3 Å². The van der Waals surface area contributed by atoms with Crippen LogP contribution in [0.3, 0.4) is 0 Å². The summed E-state index contributed by atoms with van der Waals surface area (Å²) in [5.41, 5.74) is 5.33. The normalized spacial score (nSPS) is 19.0. The molecule has 0 spiro atoms. The maximum absolute atomic E-state index is 13.8. The number of Topliss-reactive ketones (excluding diaryl/α,β-unsaturated/α-hetero) is 1. The first-order valence-electron chi connectivity index (χ1n) is 11.5. The standard InChI is InChI=1S/C28H27ClN2O4/c1-33-24-13-12-19(27(34-2)28(24)35-3)26-25-22(30-20-6-4-5-7-21(20)31-26)14-17(15-23(25)32)16-8-10-18(29)11-9-16/h4-13,17,26,30-31H,14-15H2,1-3H3/t17-,26-/m0/s1. The summed E-state index contributed by atoms with van der Waals surface area (Å²) in [6.45, 7) is 0. The largest absolute Gasteiger partial charge is 0.493 e. The summed E-state index contributed by atoms with van der Waals surface area (Å²) < 4.78 is 16.9. The summed E-state index contributed by atoms with van der Waals surface area (Å²) in [4.78, 5) is 13.8. The van der Waals surface area contributed by atoms with Crippen LogP contribution in [0.2, 0.25) is 5.02 Å². The molecule has 6 nitrogen and oxygen atoms in total. The number of benzene rings is 3. The predicted molar refractivity (Wildman–Crippen MR) is 138 cm³/mol. The van der Waals surface area contributed by atoms with Gasteiger partial charge in [-0.15, -0.1) is 0 Å². The Kier molecular flexibility index (Phi) is 6.31. The number of carbonyl (C=O) groups excluding carboxylic acids is 1. The number of rotatable bonds is 5. The predicted octanol–water partition coefficient (Wildman–Crippen LogP) is 6.35. The lowest BCUT2D eigenvalue weighted by molar-refractivity contribution is -0.116. The summed E-state index contributed by atoms with van der Waals surface area (Å²) in [6, 6.07) is 19.1. The molecule has 0 saturated carbocycles. The van der Waals surface area contributed by atoms with E-state index in [1.165, 1.54) is 0 Å². The molecule has 2 atom stereocenters. The van der Waals surface area contributed by atoms with E-state index in [0.29, 0.717) is 40.7 Å². The van der Waals surface area contributed by atoms with E-state index in [1.807, 2.05) is 60.7 Å². The van der Waals surface area contributed by atoms with Gasteiger partial charge in [0.1, 0.15) is 0 Å². The maximum Gasteiger partial charge on any atom is 0.203 e. The number of ether oxygens (including phenoxy) is 3. The average molecular weight is 491 g/mol. The van der Waals surface area contributed by atoms with Gasteiger partial charge < -0.3 is 24.8 Å². The van der Waals surface area contributed by atoms with Gasteiger partial charge in [-0.2, -0.15) is 0 Å². The molecule has 0 radical (unpaired) electrons. The van der Waals surface area contributed by atoms with E-state index in [-0.39, 0.29) is 11.7 Å². The van der Waals surface area contributed by atoms with Crippen molar-refractivity contribution in [1.82, 2.24) is 0 Å². The van der Waals surface area contributed by atoms with Gasteiger partial charge in [-0.25, -0.2) is 0 Å². The van der Waals surface area contributed by atoms with Gasteiger partial charge in [-0.1, -0.05) is 35.9 Å². The van der Waals surface area contributed by atoms with Gasteiger partial charge in [-0.3, -0.25) is 4.79 Å². The molecule has 0 bridgehead atoms. The van der Waals surface area contributed by atoms with Gasteiger partial charge in [0.15, 0.2) is 17.3 Å². The van der Waals surface area contributed by atoms with Gasteiger partial charge in [0.05, 0.1) is 38.7 Å². The Morgan fingerprint density at radius 2 is 1.54 bits per heavy atom. The summed E-state index contributed by atoms with van der Waals surface area (Å²) in [6.07, 6.45) is 1.11. The average Bonchev–Trinajstić information content (AvgIpc) is 3.04. The Morgan fingerprint density at radius 1 is 0.829 bits per heavy atom. The Morgan fingerprint density at radius 3 is 2.23 bits per heavy atom. The van der Waals surface area contributed by atoms with Crippen LogP contribution in [0.4, 0.5) is 11.4 Å². The molecule has 0 saturated heterocycles.